The lowest BCUT2D eigenvalue weighted by Crippen LogP contribution is -1.93. The van der Waals surface area contributed by atoms with Gasteiger partial charge in [0.2, 0.25) is 0 Å². The van der Waals surface area contributed by atoms with Crippen LogP contribution >= 0.6 is 11.8 Å². The Morgan fingerprint density at radius 1 is 1.33 bits per heavy atom. The number of nitriles is 1. The lowest BCUT2D eigenvalue weighted by atomic mass is 10.1. The molecule has 0 bridgehead atoms. The minimum absolute atomic E-state index is 0.720. The second-order valence-electron chi connectivity index (χ2n) is 4.29. The summed E-state index contributed by atoms with van der Waals surface area (Å²) in [5, 5.41) is 14.3. The third-order valence-corrected chi connectivity index (χ3v) is 3.94. The maximum atomic E-state index is 8.83. The molecule has 1 heterocycles. The van der Waals surface area contributed by atoms with Gasteiger partial charge in [-0.2, -0.15) is 10.4 Å². The Hall–Kier alpha value is -1.73. The molecule has 2 rings (SSSR count). The van der Waals surface area contributed by atoms with Gasteiger partial charge in [0.25, 0.3) is 0 Å². The quantitative estimate of drug-likeness (QED) is 0.793. The van der Waals surface area contributed by atoms with Crippen molar-refractivity contribution >= 4 is 11.8 Å². The number of hydrogen-bond acceptors (Lipinski definition) is 3. The Bertz CT molecular complexity index is 608. The zero-order chi connectivity index (χ0) is 13.1. The SMILES string of the molecule is Cc1cc(SCc2ccc(C#N)cc2C)n(C)n1. The smallest absolute Gasteiger partial charge is 0.0991 e. The first kappa shape index (κ1) is 12.7. The van der Waals surface area contributed by atoms with Crippen LogP contribution in [0.3, 0.4) is 0 Å². The molecule has 0 saturated heterocycles. The van der Waals surface area contributed by atoms with Crippen molar-refractivity contribution in [3.63, 3.8) is 0 Å². The molecule has 18 heavy (non-hydrogen) atoms. The van der Waals surface area contributed by atoms with Gasteiger partial charge in [-0.3, -0.25) is 4.68 Å². The van der Waals surface area contributed by atoms with E-state index in [9.17, 15) is 0 Å². The van der Waals surface area contributed by atoms with Gasteiger partial charge in [0.05, 0.1) is 22.4 Å². The molecule has 0 saturated carbocycles. The van der Waals surface area contributed by atoms with Crippen LogP contribution in [0.4, 0.5) is 0 Å². The van der Waals surface area contributed by atoms with Gasteiger partial charge in [-0.25, -0.2) is 0 Å². The maximum Gasteiger partial charge on any atom is 0.0991 e. The van der Waals surface area contributed by atoms with E-state index >= 15 is 0 Å². The molecular weight excluding hydrogens is 242 g/mol. The summed E-state index contributed by atoms with van der Waals surface area (Å²) in [4.78, 5) is 0. The largest absolute Gasteiger partial charge is 0.262 e. The third-order valence-electron chi connectivity index (χ3n) is 2.81. The fraction of sp³-hybridized carbons (Fsp3) is 0.286. The van der Waals surface area contributed by atoms with E-state index in [-0.39, 0.29) is 0 Å². The highest BCUT2D eigenvalue weighted by Crippen LogP contribution is 2.24. The molecule has 0 unspecified atom stereocenters. The number of thioether (sulfide) groups is 1. The van der Waals surface area contributed by atoms with E-state index in [1.807, 2.05) is 43.8 Å². The van der Waals surface area contributed by atoms with Crippen LogP contribution in [0.25, 0.3) is 0 Å². The lowest BCUT2D eigenvalue weighted by Gasteiger charge is -2.06. The predicted molar refractivity (Wildman–Crippen MR) is 73.4 cm³/mol. The summed E-state index contributed by atoms with van der Waals surface area (Å²) in [5.74, 6) is 0.899. The molecular formula is C14H15N3S. The molecule has 1 aromatic heterocycles. The van der Waals surface area contributed by atoms with E-state index in [1.165, 1.54) is 11.1 Å². The zero-order valence-electron chi connectivity index (χ0n) is 10.8. The molecule has 0 fully saturated rings. The van der Waals surface area contributed by atoms with Crippen LogP contribution in [0.5, 0.6) is 0 Å². The summed E-state index contributed by atoms with van der Waals surface area (Å²) in [6.07, 6.45) is 0. The summed E-state index contributed by atoms with van der Waals surface area (Å²) in [6, 6.07) is 10.1. The second kappa shape index (κ2) is 5.28. The van der Waals surface area contributed by atoms with Crippen LogP contribution in [0.2, 0.25) is 0 Å². The molecule has 0 aliphatic heterocycles. The van der Waals surface area contributed by atoms with E-state index in [4.69, 9.17) is 5.26 Å². The standard InChI is InChI=1S/C14H15N3S/c1-10-6-12(8-15)4-5-13(10)9-18-14-7-11(2)16-17(14)3/h4-7H,9H2,1-3H3. The molecule has 0 amide bonds. The molecule has 3 nitrogen and oxygen atoms in total. The van der Waals surface area contributed by atoms with Crippen molar-refractivity contribution in [3.8, 4) is 6.07 Å². The van der Waals surface area contributed by atoms with E-state index in [0.29, 0.717) is 0 Å². The summed E-state index contributed by atoms with van der Waals surface area (Å²) in [5.41, 5.74) is 4.19. The monoisotopic (exact) mass is 257 g/mol. The van der Waals surface area contributed by atoms with Crippen molar-refractivity contribution in [2.45, 2.75) is 24.6 Å². The average molecular weight is 257 g/mol. The van der Waals surface area contributed by atoms with Gasteiger partial charge in [-0.05, 0) is 43.2 Å². The summed E-state index contributed by atoms with van der Waals surface area (Å²) in [6.45, 7) is 4.04. The van der Waals surface area contributed by atoms with Crippen molar-refractivity contribution in [2.75, 3.05) is 0 Å². The van der Waals surface area contributed by atoms with Gasteiger partial charge >= 0.3 is 0 Å². The first-order chi connectivity index (χ1) is 8.60. The molecule has 0 aliphatic rings. The number of benzene rings is 1. The van der Waals surface area contributed by atoms with E-state index in [1.54, 1.807) is 11.8 Å². The molecule has 0 atom stereocenters. The van der Waals surface area contributed by atoms with Gasteiger partial charge in [-0.15, -0.1) is 11.8 Å². The van der Waals surface area contributed by atoms with Crippen LogP contribution in [0.15, 0.2) is 29.3 Å². The first-order valence-electron chi connectivity index (χ1n) is 5.73. The van der Waals surface area contributed by atoms with Crippen molar-refractivity contribution in [1.29, 1.82) is 5.26 Å². The molecule has 2 aromatic rings. The van der Waals surface area contributed by atoms with Crippen LogP contribution < -0.4 is 0 Å². The Balaban J connectivity index is 2.11. The van der Waals surface area contributed by atoms with Gasteiger partial charge in [0.1, 0.15) is 0 Å². The number of aryl methyl sites for hydroxylation is 3. The number of aromatic nitrogens is 2. The highest BCUT2D eigenvalue weighted by molar-refractivity contribution is 7.98. The average Bonchev–Trinajstić information content (AvgIpc) is 2.66. The van der Waals surface area contributed by atoms with Crippen LogP contribution in [-0.4, -0.2) is 9.78 Å². The molecule has 0 aliphatic carbocycles. The second-order valence-corrected chi connectivity index (χ2v) is 5.28. The Morgan fingerprint density at radius 3 is 2.67 bits per heavy atom. The molecule has 0 radical (unpaired) electrons. The van der Waals surface area contributed by atoms with Gasteiger partial charge < -0.3 is 0 Å². The minimum atomic E-state index is 0.720. The topological polar surface area (TPSA) is 41.6 Å². The lowest BCUT2D eigenvalue weighted by molar-refractivity contribution is 0.692. The number of nitrogens with zero attached hydrogens (tertiary/aromatic N) is 3. The maximum absolute atomic E-state index is 8.83. The summed E-state index contributed by atoms with van der Waals surface area (Å²) < 4.78 is 1.90. The van der Waals surface area contributed by atoms with Crippen molar-refractivity contribution in [1.82, 2.24) is 9.78 Å². The Morgan fingerprint density at radius 2 is 2.11 bits per heavy atom. The molecule has 4 heteroatoms. The van der Waals surface area contributed by atoms with Gasteiger partial charge in [-0.1, -0.05) is 6.07 Å². The van der Waals surface area contributed by atoms with Crippen LogP contribution in [-0.2, 0) is 12.8 Å². The van der Waals surface area contributed by atoms with Gasteiger partial charge in [0, 0.05) is 12.8 Å². The third kappa shape index (κ3) is 2.74. The fourth-order valence-electron chi connectivity index (χ4n) is 1.80. The summed E-state index contributed by atoms with van der Waals surface area (Å²) in [7, 11) is 1.96. The normalized spacial score (nSPS) is 10.3. The summed E-state index contributed by atoms with van der Waals surface area (Å²) >= 11 is 1.77. The van der Waals surface area contributed by atoms with Crippen molar-refractivity contribution in [2.24, 2.45) is 7.05 Å². The van der Waals surface area contributed by atoms with Crippen molar-refractivity contribution in [3.05, 3.63) is 46.6 Å². The zero-order valence-corrected chi connectivity index (χ0v) is 11.6. The highest BCUT2D eigenvalue weighted by atomic mass is 32.2. The number of hydrogen-bond donors (Lipinski definition) is 0. The Labute approximate surface area is 111 Å². The van der Waals surface area contributed by atoms with Crippen LogP contribution in [0.1, 0.15) is 22.4 Å². The molecule has 0 spiro atoms. The van der Waals surface area contributed by atoms with E-state index < -0.39 is 0 Å². The Kier molecular flexibility index (Phi) is 3.73. The highest BCUT2D eigenvalue weighted by Gasteiger charge is 2.05. The molecule has 0 N–H and O–H groups in total. The van der Waals surface area contributed by atoms with E-state index in [2.05, 4.69) is 17.2 Å². The van der Waals surface area contributed by atoms with Crippen LogP contribution in [0, 0.1) is 25.2 Å². The molecule has 92 valence electrons. The minimum Gasteiger partial charge on any atom is -0.262 e. The molecule has 1 aromatic carbocycles. The number of rotatable bonds is 3. The van der Waals surface area contributed by atoms with Gasteiger partial charge in [0.15, 0.2) is 0 Å². The fourth-order valence-corrected chi connectivity index (χ4v) is 2.91. The predicted octanol–water partition coefficient (Wildman–Crippen LogP) is 3.20. The van der Waals surface area contributed by atoms with Crippen molar-refractivity contribution < 1.29 is 0 Å². The first-order valence-corrected chi connectivity index (χ1v) is 6.72. The van der Waals surface area contributed by atoms with E-state index in [0.717, 1.165) is 22.0 Å².